The zero-order chi connectivity index (χ0) is 13.2. The topological polar surface area (TPSA) is 66.4 Å². The van der Waals surface area contributed by atoms with E-state index in [-0.39, 0.29) is 11.5 Å². The maximum atomic E-state index is 12.1. The summed E-state index contributed by atoms with van der Waals surface area (Å²) in [6.07, 6.45) is 3.42. The average Bonchev–Trinajstić information content (AvgIpc) is 2.27. The number of aliphatic hydroxyl groups is 1. The Balaban J connectivity index is 2.12. The van der Waals surface area contributed by atoms with Crippen LogP contribution in [0.2, 0.25) is 0 Å². The Kier molecular flexibility index (Phi) is 4.04. The van der Waals surface area contributed by atoms with E-state index in [1.54, 1.807) is 18.2 Å². The fourth-order valence-electron chi connectivity index (χ4n) is 1.99. The molecule has 2 rings (SSSR count). The summed E-state index contributed by atoms with van der Waals surface area (Å²) in [5.74, 6) is 0.488. The molecule has 1 aliphatic rings. The minimum atomic E-state index is -3.44. The Morgan fingerprint density at radius 3 is 2.67 bits per heavy atom. The number of sulfonamides is 1. The lowest BCUT2D eigenvalue weighted by Gasteiger charge is -2.25. The summed E-state index contributed by atoms with van der Waals surface area (Å²) in [5, 5.41) is 9.16. The van der Waals surface area contributed by atoms with Gasteiger partial charge in [0.15, 0.2) is 0 Å². The summed E-state index contributed by atoms with van der Waals surface area (Å²) >= 11 is 0. The third-order valence-electron chi connectivity index (χ3n) is 3.59. The summed E-state index contributed by atoms with van der Waals surface area (Å²) in [5.41, 5.74) is 1.55. The van der Waals surface area contributed by atoms with Crippen molar-refractivity contribution in [2.75, 3.05) is 6.54 Å². The van der Waals surface area contributed by atoms with E-state index in [1.165, 1.54) is 6.42 Å². The highest BCUT2D eigenvalue weighted by Gasteiger charge is 2.21. The predicted octanol–water partition coefficient (Wildman–Crippen LogP) is 1.57. The van der Waals surface area contributed by atoms with Crippen LogP contribution in [0.25, 0.3) is 0 Å². The first kappa shape index (κ1) is 13.5. The number of benzene rings is 1. The van der Waals surface area contributed by atoms with Gasteiger partial charge in [-0.15, -0.1) is 0 Å². The van der Waals surface area contributed by atoms with Crippen LogP contribution in [-0.2, 0) is 16.6 Å². The second-order valence-electron chi connectivity index (χ2n) is 4.90. The van der Waals surface area contributed by atoms with Crippen molar-refractivity contribution in [1.29, 1.82) is 0 Å². The summed E-state index contributed by atoms with van der Waals surface area (Å²) in [6.45, 7) is 2.23. The zero-order valence-electron chi connectivity index (χ0n) is 10.5. The summed E-state index contributed by atoms with van der Waals surface area (Å²) < 4.78 is 26.8. The Morgan fingerprint density at radius 1 is 1.39 bits per heavy atom. The fraction of sp³-hybridized carbons (Fsp3) is 0.538. The highest BCUT2D eigenvalue weighted by Crippen LogP contribution is 2.26. The summed E-state index contributed by atoms with van der Waals surface area (Å²) in [7, 11) is -3.44. The molecule has 1 fully saturated rings. The van der Waals surface area contributed by atoms with Crippen LogP contribution in [-0.4, -0.2) is 20.1 Å². The van der Waals surface area contributed by atoms with E-state index in [0.717, 1.165) is 18.4 Å². The molecule has 0 unspecified atom stereocenters. The zero-order valence-corrected chi connectivity index (χ0v) is 11.3. The van der Waals surface area contributed by atoms with Crippen molar-refractivity contribution in [1.82, 2.24) is 4.72 Å². The molecule has 4 nitrogen and oxygen atoms in total. The predicted molar refractivity (Wildman–Crippen MR) is 69.6 cm³/mol. The van der Waals surface area contributed by atoms with Crippen LogP contribution in [0.4, 0.5) is 0 Å². The van der Waals surface area contributed by atoms with Crippen LogP contribution in [0, 0.1) is 12.8 Å². The van der Waals surface area contributed by atoms with E-state index in [4.69, 9.17) is 5.11 Å². The van der Waals surface area contributed by atoms with Gasteiger partial charge >= 0.3 is 0 Å². The molecule has 0 heterocycles. The van der Waals surface area contributed by atoms with Crippen molar-refractivity contribution < 1.29 is 13.5 Å². The monoisotopic (exact) mass is 269 g/mol. The van der Waals surface area contributed by atoms with Gasteiger partial charge in [-0.05, 0) is 48.9 Å². The molecule has 0 bridgehead atoms. The van der Waals surface area contributed by atoms with Gasteiger partial charge in [-0.25, -0.2) is 13.1 Å². The number of hydrogen-bond acceptors (Lipinski definition) is 3. The van der Waals surface area contributed by atoms with Crippen LogP contribution in [0.5, 0.6) is 0 Å². The molecule has 1 aromatic carbocycles. The molecule has 1 aromatic rings. The quantitative estimate of drug-likeness (QED) is 0.852. The molecule has 0 atom stereocenters. The number of hydrogen-bond donors (Lipinski definition) is 2. The standard InChI is InChI=1S/C13H19NO3S/c1-10-5-6-13(7-12(10)9-15)18(16,17)14-8-11-3-2-4-11/h5-7,11,14-15H,2-4,8-9H2,1H3. The number of aliphatic hydroxyl groups excluding tert-OH is 1. The summed E-state index contributed by atoms with van der Waals surface area (Å²) in [4.78, 5) is 0.233. The molecule has 0 aromatic heterocycles. The minimum Gasteiger partial charge on any atom is -0.392 e. The van der Waals surface area contributed by atoms with Crippen molar-refractivity contribution >= 4 is 10.0 Å². The van der Waals surface area contributed by atoms with Crippen molar-refractivity contribution in [2.24, 2.45) is 5.92 Å². The first-order chi connectivity index (χ1) is 8.53. The first-order valence-electron chi connectivity index (χ1n) is 6.23. The summed E-state index contributed by atoms with van der Waals surface area (Å²) in [6, 6.07) is 4.85. The first-order valence-corrected chi connectivity index (χ1v) is 7.71. The molecule has 100 valence electrons. The second kappa shape index (κ2) is 5.38. The smallest absolute Gasteiger partial charge is 0.240 e. The third kappa shape index (κ3) is 2.91. The van der Waals surface area contributed by atoms with Gasteiger partial charge in [-0.1, -0.05) is 12.5 Å². The number of rotatable bonds is 5. The second-order valence-corrected chi connectivity index (χ2v) is 6.66. The Labute approximate surface area is 108 Å². The van der Waals surface area contributed by atoms with E-state index < -0.39 is 10.0 Å². The lowest BCUT2D eigenvalue weighted by atomic mass is 9.86. The Bertz CT molecular complexity index is 521. The molecule has 2 N–H and O–H groups in total. The fourth-order valence-corrected chi connectivity index (χ4v) is 3.16. The van der Waals surface area contributed by atoms with Gasteiger partial charge in [-0.2, -0.15) is 0 Å². The molecule has 0 saturated heterocycles. The van der Waals surface area contributed by atoms with Gasteiger partial charge in [-0.3, -0.25) is 0 Å². The number of aryl methyl sites for hydroxylation is 1. The molecule has 18 heavy (non-hydrogen) atoms. The molecular weight excluding hydrogens is 250 g/mol. The molecular formula is C13H19NO3S. The van der Waals surface area contributed by atoms with Crippen molar-refractivity contribution in [3.63, 3.8) is 0 Å². The van der Waals surface area contributed by atoms with Crippen LogP contribution < -0.4 is 4.72 Å². The maximum Gasteiger partial charge on any atom is 0.240 e. The van der Waals surface area contributed by atoms with Crippen molar-refractivity contribution in [2.45, 2.75) is 37.7 Å². The van der Waals surface area contributed by atoms with Crippen LogP contribution >= 0.6 is 0 Å². The maximum absolute atomic E-state index is 12.1. The molecule has 0 aliphatic heterocycles. The van der Waals surface area contributed by atoms with Gasteiger partial charge < -0.3 is 5.11 Å². The lowest BCUT2D eigenvalue weighted by Crippen LogP contribution is -2.32. The molecule has 1 saturated carbocycles. The largest absolute Gasteiger partial charge is 0.392 e. The molecule has 0 amide bonds. The van der Waals surface area contributed by atoms with E-state index in [9.17, 15) is 8.42 Å². The van der Waals surface area contributed by atoms with Gasteiger partial charge in [0, 0.05) is 6.54 Å². The Morgan fingerprint density at radius 2 is 2.11 bits per heavy atom. The van der Waals surface area contributed by atoms with E-state index in [1.807, 2.05) is 6.92 Å². The van der Waals surface area contributed by atoms with Crippen LogP contribution in [0.15, 0.2) is 23.1 Å². The highest BCUT2D eigenvalue weighted by molar-refractivity contribution is 7.89. The van der Waals surface area contributed by atoms with Crippen molar-refractivity contribution in [3.8, 4) is 0 Å². The van der Waals surface area contributed by atoms with Crippen LogP contribution in [0.3, 0.4) is 0 Å². The average molecular weight is 269 g/mol. The highest BCUT2D eigenvalue weighted by atomic mass is 32.2. The molecule has 0 spiro atoms. The molecule has 5 heteroatoms. The molecule has 1 aliphatic carbocycles. The molecule has 0 radical (unpaired) electrons. The van der Waals surface area contributed by atoms with E-state index in [2.05, 4.69) is 4.72 Å². The lowest BCUT2D eigenvalue weighted by molar-refractivity contribution is 0.280. The normalized spacial score (nSPS) is 16.6. The van der Waals surface area contributed by atoms with Gasteiger partial charge in [0.1, 0.15) is 0 Å². The van der Waals surface area contributed by atoms with Gasteiger partial charge in [0.25, 0.3) is 0 Å². The Hall–Kier alpha value is -0.910. The minimum absolute atomic E-state index is 0.141. The van der Waals surface area contributed by atoms with Crippen LogP contribution in [0.1, 0.15) is 30.4 Å². The van der Waals surface area contributed by atoms with Gasteiger partial charge in [0.05, 0.1) is 11.5 Å². The SMILES string of the molecule is Cc1ccc(S(=O)(=O)NCC2CCC2)cc1CO. The van der Waals surface area contributed by atoms with Gasteiger partial charge in [0.2, 0.25) is 10.0 Å². The number of nitrogens with one attached hydrogen (secondary N) is 1. The van der Waals surface area contributed by atoms with E-state index >= 15 is 0 Å². The third-order valence-corrected chi connectivity index (χ3v) is 5.01. The van der Waals surface area contributed by atoms with Crippen molar-refractivity contribution in [3.05, 3.63) is 29.3 Å². The van der Waals surface area contributed by atoms with E-state index in [0.29, 0.717) is 18.0 Å².